The van der Waals surface area contributed by atoms with Gasteiger partial charge in [-0.3, -0.25) is 10.1 Å². The Labute approximate surface area is 159 Å². The van der Waals surface area contributed by atoms with Crippen LogP contribution < -0.4 is 10.6 Å². The molecule has 0 radical (unpaired) electrons. The second-order valence-corrected chi connectivity index (χ2v) is 7.30. The fourth-order valence-corrected chi connectivity index (χ4v) is 4.22. The number of nitrogens with zero attached hydrogens (tertiary/aromatic N) is 3. The van der Waals surface area contributed by atoms with Gasteiger partial charge in [0.2, 0.25) is 5.82 Å². The monoisotopic (exact) mass is 372 g/mol. The maximum Gasteiger partial charge on any atom is 0.216 e. The molecule has 2 aromatic heterocycles. The molecule has 2 atom stereocenters. The summed E-state index contributed by atoms with van der Waals surface area (Å²) in [6, 6.07) is 4.12. The van der Waals surface area contributed by atoms with E-state index < -0.39 is 0 Å². The highest BCUT2D eigenvalue weighted by atomic mass is 16.5. The minimum absolute atomic E-state index is 0.316. The Hall–Kier alpha value is -2.35. The van der Waals surface area contributed by atoms with Crippen LogP contribution in [0.3, 0.4) is 0 Å². The third-order valence-electron chi connectivity index (χ3n) is 5.90. The summed E-state index contributed by atoms with van der Waals surface area (Å²) in [4.78, 5) is 8.84. The van der Waals surface area contributed by atoms with E-state index in [4.69, 9.17) is 9.15 Å². The summed E-state index contributed by atoms with van der Waals surface area (Å²) in [5, 5.41) is 14.1. The second-order valence-electron chi connectivity index (χ2n) is 7.30. The van der Waals surface area contributed by atoms with Crippen molar-refractivity contribution in [1.29, 1.82) is 0 Å². The van der Waals surface area contributed by atoms with E-state index in [1.807, 2.05) is 19.2 Å². The molecule has 0 saturated heterocycles. The summed E-state index contributed by atoms with van der Waals surface area (Å²) >= 11 is 0. The highest BCUT2D eigenvalue weighted by Crippen LogP contribution is 2.57. The van der Waals surface area contributed by atoms with Crippen LogP contribution in [0.2, 0.25) is 0 Å². The number of aromatic nitrogens is 3. The van der Waals surface area contributed by atoms with Crippen LogP contribution in [0.5, 0.6) is 0 Å². The van der Waals surface area contributed by atoms with Gasteiger partial charge in [0.15, 0.2) is 11.7 Å². The lowest BCUT2D eigenvalue weighted by atomic mass is 9.51. The second kappa shape index (κ2) is 7.72. The summed E-state index contributed by atoms with van der Waals surface area (Å²) < 4.78 is 11.2. The van der Waals surface area contributed by atoms with E-state index >= 15 is 0 Å². The minimum Gasteiger partial charge on any atom is -0.461 e. The van der Waals surface area contributed by atoms with E-state index in [1.54, 1.807) is 6.26 Å². The zero-order chi connectivity index (χ0) is 18.7. The molecule has 8 nitrogen and oxygen atoms in total. The van der Waals surface area contributed by atoms with Crippen LogP contribution in [0, 0.1) is 5.41 Å². The molecule has 0 amide bonds. The van der Waals surface area contributed by atoms with Gasteiger partial charge < -0.3 is 19.8 Å². The topological polar surface area (TPSA) is 100 Å². The van der Waals surface area contributed by atoms with Crippen LogP contribution >= 0.6 is 0 Å². The van der Waals surface area contributed by atoms with Gasteiger partial charge in [-0.05, 0) is 38.3 Å². The molecule has 2 aliphatic rings. The Bertz CT molecular complexity index is 765. The third kappa shape index (κ3) is 3.45. The molecule has 146 valence electrons. The first kappa shape index (κ1) is 18.0. The SMILES string of the molecule is CCOC1CC(NC(=NC)NCCc2nc(-c3ccco3)n[nH]2)C12CCC2. The smallest absolute Gasteiger partial charge is 0.216 e. The quantitative estimate of drug-likeness (QED) is 0.508. The van der Waals surface area contributed by atoms with E-state index in [-0.39, 0.29) is 0 Å². The Balaban J connectivity index is 1.26. The third-order valence-corrected chi connectivity index (χ3v) is 5.90. The van der Waals surface area contributed by atoms with Crippen LogP contribution in [-0.2, 0) is 11.2 Å². The number of hydrogen-bond acceptors (Lipinski definition) is 5. The maximum atomic E-state index is 5.93. The van der Waals surface area contributed by atoms with Crippen molar-refractivity contribution in [2.75, 3.05) is 20.2 Å². The van der Waals surface area contributed by atoms with Crippen molar-refractivity contribution in [2.45, 2.75) is 51.2 Å². The first-order chi connectivity index (χ1) is 13.2. The van der Waals surface area contributed by atoms with Gasteiger partial charge >= 0.3 is 0 Å². The molecule has 2 saturated carbocycles. The summed E-state index contributed by atoms with van der Waals surface area (Å²) in [7, 11) is 1.81. The van der Waals surface area contributed by atoms with Gasteiger partial charge in [-0.15, -0.1) is 0 Å². The molecule has 2 unspecified atom stereocenters. The number of ether oxygens (including phenoxy) is 1. The lowest BCUT2D eigenvalue weighted by molar-refractivity contribution is -0.168. The highest BCUT2D eigenvalue weighted by Gasteiger charge is 2.59. The molecule has 8 heteroatoms. The van der Waals surface area contributed by atoms with Gasteiger partial charge in [0, 0.05) is 38.1 Å². The first-order valence-corrected chi connectivity index (χ1v) is 9.79. The number of hydrogen-bond donors (Lipinski definition) is 3. The molecule has 0 aromatic carbocycles. The van der Waals surface area contributed by atoms with Crippen LogP contribution in [0.15, 0.2) is 27.8 Å². The molecule has 2 fully saturated rings. The van der Waals surface area contributed by atoms with Crippen molar-refractivity contribution in [3.8, 4) is 11.6 Å². The molecular formula is C19H28N6O2. The first-order valence-electron chi connectivity index (χ1n) is 9.79. The van der Waals surface area contributed by atoms with E-state index in [0.29, 0.717) is 29.1 Å². The zero-order valence-corrected chi connectivity index (χ0v) is 16.0. The number of furan rings is 1. The van der Waals surface area contributed by atoms with E-state index in [9.17, 15) is 0 Å². The Morgan fingerprint density at radius 3 is 3.04 bits per heavy atom. The summed E-state index contributed by atoms with van der Waals surface area (Å²) in [6.07, 6.45) is 7.61. The number of rotatable bonds is 7. The van der Waals surface area contributed by atoms with Crippen LogP contribution in [0.25, 0.3) is 11.6 Å². The normalized spacial score (nSPS) is 23.7. The zero-order valence-electron chi connectivity index (χ0n) is 16.0. The number of aliphatic imine (C=N–C) groups is 1. The van der Waals surface area contributed by atoms with Gasteiger partial charge in [-0.2, -0.15) is 5.10 Å². The van der Waals surface area contributed by atoms with Gasteiger partial charge in [-0.25, -0.2) is 4.98 Å². The number of H-pyrrole nitrogens is 1. The van der Waals surface area contributed by atoms with Crippen molar-refractivity contribution in [3.63, 3.8) is 0 Å². The summed E-state index contributed by atoms with van der Waals surface area (Å²) in [5.74, 6) is 2.91. The predicted molar refractivity (Wildman–Crippen MR) is 102 cm³/mol. The molecule has 2 heterocycles. The molecule has 27 heavy (non-hydrogen) atoms. The van der Waals surface area contributed by atoms with Crippen molar-refractivity contribution in [3.05, 3.63) is 24.2 Å². The largest absolute Gasteiger partial charge is 0.461 e. The lowest BCUT2D eigenvalue weighted by Crippen LogP contribution is -2.68. The van der Waals surface area contributed by atoms with Crippen molar-refractivity contribution < 1.29 is 9.15 Å². The fraction of sp³-hybridized carbons (Fsp3) is 0.632. The average Bonchev–Trinajstić information content (AvgIpc) is 3.29. The lowest BCUT2D eigenvalue weighted by Gasteiger charge is -2.61. The molecule has 2 aliphatic carbocycles. The van der Waals surface area contributed by atoms with Gasteiger partial charge in [0.05, 0.1) is 12.4 Å². The fourth-order valence-electron chi connectivity index (χ4n) is 4.22. The molecule has 0 aliphatic heterocycles. The van der Waals surface area contributed by atoms with E-state index in [0.717, 1.165) is 37.8 Å². The van der Waals surface area contributed by atoms with Crippen LogP contribution in [0.1, 0.15) is 38.4 Å². The molecule has 3 N–H and O–H groups in total. The molecule has 2 aromatic rings. The Morgan fingerprint density at radius 2 is 2.37 bits per heavy atom. The van der Waals surface area contributed by atoms with Crippen molar-refractivity contribution in [2.24, 2.45) is 10.4 Å². The molecule has 1 spiro atoms. The summed E-state index contributed by atoms with van der Waals surface area (Å²) in [5.41, 5.74) is 0.316. The summed E-state index contributed by atoms with van der Waals surface area (Å²) in [6.45, 7) is 3.60. The molecular weight excluding hydrogens is 344 g/mol. The maximum absolute atomic E-state index is 5.93. The van der Waals surface area contributed by atoms with Crippen LogP contribution in [-0.4, -0.2) is 53.5 Å². The predicted octanol–water partition coefficient (Wildman–Crippen LogP) is 2.12. The molecule has 4 rings (SSSR count). The van der Waals surface area contributed by atoms with Gasteiger partial charge in [0.25, 0.3) is 0 Å². The number of nitrogens with one attached hydrogen (secondary N) is 3. The van der Waals surface area contributed by atoms with Crippen LogP contribution in [0.4, 0.5) is 0 Å². The number of guanidine groups is 1. The van der Waals surface area contributed by atoms with E-state index in [2.05, 4.69) is 37.7 Å². The van der Waals surface area contributed by atoms with Crippen molar-refractivity contribution in [1.82, 2.24) is 25.8 Å². The minimum atomic E-state index is 0.316. The Kier molecular flexibility index (Phi) is 5.15. The molecule has 0 bridgehead atoms. The van der Waals surface area contributed by atoms with Crippen molar-refractivity contribution >= 4 is 5.96 Å². The standard InChI is InChI=1S/C19H28N6O2/c1-3-26-15-12-14(19(15)8-5-9-19)22-18(20-2)21-10-7-16-23-17(25-24-16)13-6-4-11-27-13/h4,6,11,14-15H,3,5,7-10,12H2,1-2H3,(H2,20,21,22)(H,23,24,25). The van der Waals surface area contributed by atoms with E-state index in [1.165, 1.54) is 19.3 Å². The average molecular weight is 372 g/mol. The highest BCUT2D eigenvalue weighted by molar-refractivity contribution is 5.80. The van der Waals surface area contributed by atoms with Gasteiger partial charge in [0.1, 0.15) is 5.82 Å². The Morgan fingerprint density at radius 1 is 1.48 bits per heavy atom. The van der Waals surface area contributed by atoms with Gasteiger partial charge in [-0.1, -0.05) is 6.42 Å². The number of aromatic amines is 1.